The highest BCUT2D eigenvalue weighted by Gasteiger charge is 2.21. The van der Waals surface area contributed by atoms with Gasteiger partial charge in [0, 0.05) is 38.8 Å². The van der Waals surface area contributed by atoms with E-state index in [-0.39, 0.29) is 23.4 Å². The average molecular weight is 347 g/mol. The molecule has 1 aliphatic heterocycles. The van der Waals surface area contributed by atoms with Crippen molar-refractivity contribution in [1.29, 1.82) is 0 Å². The summed E-state index contributed by atoms with van der Waals surface area (Å²) in [6, 6.07) is 3.05. The van der Waals surface area contributed by atoms with Crippen molar-refractivity contribution < 1.29 is 9.53 Å². The van der Waals surface area contributed by atoms with Gasteiger partial charge in [0.1, 0.15) is 11.5 Å². The lowest BCUT2D eigenvalue weighted by atomic mass is 10.2. The quantitative estimate of drug-likeness (QED) is 0.639. The standard InChI is InChI=1S/C15H21N7O3/c1-21-14(23)6-10(8-18-21)22-4-5-25-11(9-22)2-3-17-15(24)12-7-13(16)20-19-12/h6-8,11H,2-5,9H2,1H3,(H,17,24)(H3,16,19,20)/t11-/m1/s1. The first-order chi connectivity index (χ1) is 12.0. The maximum absolute atomic E-state index is 11.9. The Morgan fingerprint density at radius 1 is 1.52 bits per heavy atom. The van der Waals surface area contributed by atoms with Gasteiger partial charge in [-0.2, -0.15) is 10.2 Å². The normalized spacial score (nSPS) is 17.5. The van der Waals surface area contributed by atoms with E-state index in [2.05, 4.69) is 25.5 Å². The molecule has 3 rings (SSSR count). The highest BCUT2D eigenvalue weighted by Crippen LogP contribution is 2.16. The molecule has 2 aromatic rings. The predicted molar refractivity (Wildman–Crippen MR) is 91.4 cm³/mol. The van der Waals surface area contributed by atoms with Crippen LogP contribution in [0.15, 0.2) is 23.1 Å². The smallest absolute Gasteiger partial charge is 0.269 e. The predicted octanol–water partition coefficient (Wildman–Crippen LogP) is -0.889. The van der Waals surface area contributed by atoms with Gasteiger partial charge in [0.2, 0.25) is 0 Å². The van der Waals surface area contributed by atoms with Crippen LogP contribution in [0.5, 0.6) is 0 Å². The number of nitrogens with one attached hydrogen (secondary N) is 2. The number of anilines is 2. The number of rotatable bonds is 5. The second kappa shape index (κ2) is 7.34. The van der Waals surface area contributed by atoms with Crippen LogP contribution >= 0.6 is 0 Å². The molecular weight excluding hydrogens is 326 g/mol. The van der Waals surface area contributed by atoms with Gasteiger partial charge < -0.3 is 20.7 Å². The highest BCUT2D eigenvalue weighted by molar-refractivity contribution is 5.92. The van der Waals surface area contributed by atoms with Crippen LogP contribution in [0.4, 0.5) is 11.5 Å². The van der Waals surface area contributed by atoms with Gasteiger partial charge in [-0.15, -0.1) is 0 Å². The fourth-order valence-corrected chi connectivity index (χ4v) is 2.66. The van der Waals surface area contributed by atoms with Crippen molar-refractivity contribution in [2.45, 2.75) is 12.5 Å². The zero-order valence-electron chi connectivity index (χ0n) is 13.9. The highest BCUT2D eigenvalue weighted by atomic mass is 16.5. The van der Waals surface area contributed by atoms with Crippen LogP contribution in [0, 0.1) is 0 Å². The summed E-state index contributed by atoms with van der Waals surface area (Å²) < 4.78 is 7.03. The molecule has 0 bridgehead atoms. The molecule has 10 heteroatoms. The van der Waals surface area contributed by atoms with Crippen LogP contribution in [0.2, 0.25) is 0 Å². The lowest BCUT2D eigenvalue weighted by Crippen LogP contribution is -2.44. The van der Waals surface area contributed by atoms with Crippen LogP contribution in [-0.4, -0.2) is 58.2 Å². The van der Waals surface area contributed by atoms with E-state index in [4.69, 9.17) is 10.5 Å². The Balaban J connectivity index is 1.50. The number of nitrogens with zero attached hydrogens (tertiary/aromatic N) is 4. The van der Waals surface area contributed by atoms with Gasteiger partial charge in [-0.3, -0.25) is 14.7 Å². The average Bonchev–Trinajstić information content (AvgIpc) is 3.04. The molecule has 1 fully saturated rings. The van der Waals surface area contributed by atoms with E-state index in [0.717, 1.165) is 5.69 Å². The molecule has 0 saturated carbocycles. The molecule has 25 heavy (non-hydrogen) atoms. The molecule has 4 N–H and O–H groups in total. The number of H-pyrrole nitrogens is 1. The van der Waals surface area contributed by atoms with Crippen LogP contribution < -0.4 is 21.5 Å². The third-order valence-corrected chi connectivity index (χ3v) is 4.05. The minimum Gasteiger partial charge on any atom is -0.382 e. The molecule has 1 amide bonds. The number of aryl methyl sites for hydroxylation is 1. The number of carbonyl (C=O) groups excluding carboxylic acids is 1. The Kier molecular flexibility index (Phi) is 4.98. The summed E-state index contributed by atoms with van der Waals surface area (Å²) in [5.74, 6) is 0.0200. The molecule has 2 aromatic heterocycles. The number of hydrogen-bond acceptors (Lipinski definition) is 7. The lowest BCUT2D eigenvalue weighted by Gasteiger charge is -2.34. The van der Waals surface area contributed by atoms with Crippen molar-refractivity contribution in [3.8, 4) is 0 Å². The van der Waals surface area contributed by atoms with E-state index in [0.29, 0.717) is 38.4 Å². The van der Waals surface area contributed by atoms with Crippen molar-refractivity contribution in [3.05, 3.63) is 34.4 Å². The molecular formula is C15H21N7O3. The Hall–Kier alpha value is -2.88. The van der Waals surface area contributed by atoms with E-state index >= 15 is 0 Å². The molecule has 0 radical (unpaired) electrons. The maximum Gasteiger partial charge on any atom is 0.269 e. The zero-order chi connectivity index (χ0) is 17.8. The Labute approximate surface area is 144 Å². The summed E-state index contributed by atoms with van der Waals surface area (Å²) in [6.45, 7) is 2.36. The summed E-state index contributed by atoms with van der Waals surface area (Å²) in [4.78, 5) is 25.7. The summed E-state index contributed by atoms with van der Waals surface area (Å²) >= 11 is 0. The van der Waals surface area contributed by atoms with Gasteiger partial charge in [-0.25, -0.2) is 4.68 Å². The second-order valence-electron chi connectivity index (χ2n) is 5.87. The topological polar surface area (TPSA) is 131 Å². The molecule has 1 atom stereocenters. The van der Waals surface area contributed by atoms with Crippen molar-refractivity contribution in [3.63, 3.8) is 0 Å². The van der Waals surface area contributed by atoms with E-state index in [1.54, 1.807) is 19.3 Å². The Morgan fingerprint density at radius 3 is 3.08 bits per heavy atom. The first-order valence-electron chi connectivity index (χ1n) is 8.02. The molecule has 0 aliphatic carbocycles. The number of ether oxygens (including phenoxy) is 1. The van der Waals surface area contributed by atoms with Gasteiger partial charge >= 0.3 is 0 Å². The Bertz CT molecular complexity index is 800. The number of aromatic amines is 1. The first kappa shape index (κ1) is 17.0. The molecule has 10 nitrogen and oxygen atoms in total. The number of nitrogen functional groups attached to an aromatic ring is 1. The van der Waals surface area contributed by atoms with Crippen molar-refractivity contribution >= 4 is 17.4 Å². The van der Waals surface area contributed by atoms with Gasteiger partial charge in [-0.1, -0.05) is 0 Å². The fraction of sp³-hybridized carbons (Fsp3) is 0.467. The number of aromatic nitrogens is 4. The molecule has 0 spiro atoms. The van der Waals surface area contributed by atoms with Crippen LogP contribution in [0.1, 0.15) is 16.9 Å². The van der Waals surface area contributed by atoms with Crippen LogP contribution in [0.25, 0.3) is 0 Å². The third kappa shape index (κ3) is 4.15. The summed E-state index contributed by atoms with van der Waals surface area (Å²) in [5, 5.41) is 13.1. The van der Waals surface area contributed by atoms with Gasteiger partial charge in [0.05, 0.1) is 24.6 Å². The third-order valence-electron chi connectivity index (χ3n) is 4.05. The minimum absolute atomic E-state index is 0.0371. The summed E-state index contributed by atoms with van der Waals surface area (Å²) in [6.07, 6.45) is 2.29. The number of amides is 1. The lowest BCUT2D eigenvalue weighted by molar-refractivity contribution is 0.0353. The van der Waals surface area contributed by atoms with Crippen LogP contribution in [-0.2, 0) is 11.8 Å². The van der Waals surface area contributed by atoms with E-state index in [1.165, 1.54) is 10.7 Å². The zero-order valence-corrected chi connectivity index (χ0v) is 13.9. The molecule has 0 aromatic carbocycles. The SMILES string of the molecule is Cn1ncc(N2CCO[C@H](CCNC(=O)c3cc(N)n[nH]3)C2)cc1=O. The molecule has 1 aliphatic rings. The first-order valence-corrected chi connectivity index (χ1v) is 8.02. The van der Waals surface area contributed by atoms with Crippen molar-refractivity contribution in [1.82, 2.24) is 25.3 Å². The van der Waals surface area contributed by atoms with Crippen molar-refractivity contribution in [2.24, 2.45) is 7.05 Å². The maximum atomic E-state index is 11.9. The van der Waals surface area contributed by atoms with Gasteiger partial charge in [0.15, 0.2) is 0 Å². The largest absolute Gasteiger partial charge is 0.382 e. The van der Waals surface area contributed by atoms with E-state index < -0.39 is 0 Å². The molecule has 0 unspecified atom stereocenters. The van der Waals surface area contributed by atoms with Crippen LogP contribution in [0.3, 0.4) is 0 Å². The number of carbonyl (C=O) groups is 1. The minimum atomic E-state index is -0.257. The summed E-state index contributed by atoms with van der Waals surface area (Å²) in [5.41, 5.74) is 6.44. The van der Waals surface area contributed by atoms with E-state index in [1.807, 2.05) is 0 Å². The fourth-order valence-electron chi connectivity index (χ4n) is 2.66. The number of nitrogens with two attached hydrogens (primary N) is 1. The number of hydrogen-bond donors (Lipinski definition) is 3. The van der Waals surface area contributed by atoms with E-state index in [9.17, 15) is 9.59 Å². The molecule has 1 saturated heterocycles. The summed E-state index contributed by atoms with van der Waals surface area (Å²) in [7, 11) is 1.62. The number of morpholine rings is 1. The Morgan fingerprint density at radius 2 is 2.36 bits per heavy atom. The van der Waals surface area contributed by atoms with Crippen molar-refractivity contribution in [2.75, 3.05) is 36.9 Å². The second-order valence-corrected chi connectivity index (χ2v) is 5.87. The molecule has 134 valence electrons. The van der Waals surface area contributed by atoms with Gasteiger partial charge in [-0.05, 0) is 6.42 Å². The van der Waals surface area contributed by atoms with Gasteiger partial charge in [0.25, 0.3) is 11.5 Å². The molecule has 3 heterocycles. The monoisotopic (exact) mass is 347 g/mol.